The van der Waals surface area contributed by atoms with E-state index in [4.69, 9.17) is 9.97 Å². The molecule has 0 bridgehead atoms. The maximum atomic E-state index is 14.9. The van der Waals surface area contributed by atoms with Crippen LogP contribution in [0.4, 0.5) is 14.6 Å². The maximum absolute atomic E-state index is 14.9. The highest BCUT2D eigenvalue weighted by atomic mass is 19.1. The summed E-state index contributed by atoms with van der Waals surface area (Å²) in [5.74, 6) is 1.88. The van der Waals surface area contributed by atoms with Gasteiger partial charge in [-0.2, -0.15) is 0 Å². The molecule has 2 aromatic carbocycles. The molecule has 1 aromatic heterocycles. The second-order valence-corrected chi connectivity index (χ2v) is 10.4. The van der Waals surface area contributed by atoms with Crippen LogP contribution < -0.4 is 15.5 Å². The van der Waals surface area contributed by atoms with Crippen LogP contribution in [0, 0.1) is 18.7 Å². The summed E-state index contributed by atoms with van der Waals surface area (Å²) in [5.41, 5.74) is 3.37. The highest BCUT2D eigenvalue weighted by Crippen LogP contribution is 2.31. The van der Waals surface area contributed by atoms with E-state index in [1.807, 2.05) is 39.8 Å². The second-order valence-electron chi connectivity index (χ2n) is 10.4. The number of benzene rings is 2. The lowest BCUT2D eigenvalue weighted by molar-refractivity contribution is 0.409. The van der Waals surface area contributed by atoms with Crippen LogP contribution in [0.5, 0.6) is 0 Å². The third kappa shape index (κ3) is 5.76. The van der Waals surface area contributed by atoms with Crippen LogP contribution in [0.1, 0.15) is 69.5 Å². The van der Waals surface area contributed by atoms with Crippen LogP contribution in [-0.2, 0) is 12.8 Å². The number of hydrogen-bond acceptors (Lipinski definition) is 3. The minimum absolute atomic E-state index is 0.207. The third-order valence-corrected chi connectivity index (χ3v) is 7.33. The van der Waals surface area contributed by atoms with E-state index in [1.54, 1.807) is 12.1 Å². The van der Waals surface area contributed by atoms with Crippen molar-refractivity contribution in [3.63, 3.8) is 0 Å². The molecular weight excluding hydrogens is 464 g/mol. The Morgan fingerprint density at radius 3 is 2.65 bits per heavy atom. The number of aryl methyl sites for hydroxylation is 3. The zero-order valence-corrected chi connectivity index (χ0v) is 22.9. The Morgan fingerprint density at radius 2 is 1.97 bits per heavy atom. The van der Waals surface area contributed by atoms with E-state index in [0.29, 0.717) is 36.1 Å². The van der Waals surface area contributed by atoms with Gasteiger partial charge in [0.15, 0.2) is 0 Å². The molecule has 1 aliphatic heterocycles. The Balaban J connectivity index is 1.99. The molecule has 0 saturated carbocycles. The fraction of sp³-hybridized carbons (Fsp3) is 0.438. The van der Waals surface area contributed by atoms with E-state index < -0.39 is 6.17 Å². The molecule has 4 rings (SSSR count). The smallest absolute Gasteiger partial charge is 0.140 e. The highest BCUT2D eigenvalue weighted by molar-refractivity contribution is 6.02. The Labute approximate surface area is 219 Å². The van der Waals surface area contributed by atoms with E-state index in [1.165, 1.54) is 6.42 Å². The number of nitrogens with zero attached hydrogens (tertiary/aromatic N) is 3. The number of aromatic nitrogens is 2. The van der Waals surface area contributed by atoms with Crippen molar-refractivity contribution in [2.75, 3.05) is 18.0 Å². The summed E-state index contributed by atoms with van der Waals surface area (Å²) in [4.78, 5) is 12.0. The molecule has 2 heterocycles. The molecule has 1 saturated heterocycles. The highest BCUT2D eigenvalue weighted by Gasteiger charge is 2.21. The van der Waals surface area contributed by atoms with E-state index in [-0.39, 0.29) is 5.82 Å². The summed E-state index contributed by atoms with van der Waals surface area (Å²) in [6.45, 7) is 16.3. The lowest BCUT2D eigenvalue weighted by Gasteiger charge is -2.32. The van der Waals surface area contributed by atoms with Crippen molar-refractivity contribution in [2.45, 2.75) is 72.9 Å². The van der Waals surface area contributed by atoms with Gasteiger partial charge in [-0.05, 0) is 89.8 Å². The molecule has 0 aliphatic carbocycles. The molecule has 3 aromatic rings. The molecule has 1 fully saturated rings. The van der Waals surface area contributed by atoms with E-state index in [2.05, 4.69) is 30.5 Å². The predicted octanol–water partition coefficient (Wildman–Crippen LogP) is 6.46. The minimum atomic E-state index is -1.10. The molecular formula is C32H39F2N3. The normalized spacial score (nSPS) is 18.0. The van der Waals surface area contributed by atoms with Gasteiger partial charge < -0.3 is 4.90 Å². The Morgan fingerprint density at radius 1 is 1.19 bits per heavy atom. The average Bonchev–Trinajstić information content (AvgIpc) is 2.88. The van der Waals surface area contributed by atoms with Gasteiger partial charge in [0, 0.05) is 24.7 Å². The number of halogens is 2. The van der Waals surface area contributed by atoms with Crippen molar-refractivity contribution < 1.29 is 8.78 Å². The Hall–Kier alpha value is -3.08. The molecule has 1 aliphatic rings. The number of piperidine rings is 1. The largest absolute Gasteiger partial charge is 0.356 e. The topological polar surface area (TPSA) is 29.0 Å². The van der Waals surface area contributed by atoms with Gasteiger partial charge >= 0.3 is 0 Å². The first-order valence-electron chi connectivity index (χ1n) is 13.7. The van der Waals surface area contributed by atoms with Crippen LogP contribution in [0.15, 0.2) is 30.8 Å². The first kappa shape index (κ1) is 27.0. The molecule has 0 amide bonds. The van der Waals surface area contributed by atoms with Crippen LogP contribution in [0.25, 0.3) is 28.5 Å². The number of hydrogen-bond donors (Lipinski definition) is 0. The van der Waals surface area contributed by atoms with Crippen LogP contribution >= 0.6 is 0 Å². The van der Waals surface area contributed by atoms with E-state index in [0.717, 1.165) is 63.8 Å². The summed E-state index contributed by atoms with van der Waals surface area (Å²) in [6.07, 6.45) is 6.42. The summed E-state index contributed by atoms with van der Waals surface area (Å²) in [6, 6.07) is 7.51. The van der Waals surface area contributed by atoms with Gasteiger partial charge in [-0.1, -0.05) is 52.5 Å². The first-order valence-corrected chi connectivity index (χ1v) is 13.7. The SMILES string of the molecule is C=C(/C=c1/nc(CC)nc(N2CCCC(C)C2)/c1=C/C(F)CC)c1cc(C)cc2ccc(F)c(CC)c12. The number of anilines is 1. The Kier molecular flexibility index (Phi) is 8.41. The average molecular weight is 504 g/mol. The standard InChI is InChI=1S/C32H39F2N3/c1-7-24(33)18-27-29(35-30(9-3)36-32(27)37-14-10-11-20(4)19-37)17-22(6)26-16-21(5)15-23-12-13-28(34)25(8-2)31(23)26/h12-13,15-18,20,24H,6-11,14,19H2,1-5H3/b27-18+,29-17+. The summed E-state index contributed by atoms with van der Waals surface area (Å²) in [5, 5.41) is 3.27. The molecule has 0 N–H and O–H groups in total. The first-order chi connectivity index (χ1) is 17.7. The van der Waals surface area contributed by atoms with Crippen molar-refractivity contribution in [1.29, 1.82) is 0 Å². The summed E-state index contributed by atoms with van der Waals surface area (Å²) < 4.78 is 29.7. The monoisotopic (exact) mass is 503 g/mol. The Bertz CT molecular complexity index is 1430. The van der Waals surface area contributed by atoms with E-state index in [9.17, 15) is 8.78 Å². The van der Waals surface area contributed by atoms with Gasteiger partial charge in [-0.25, -0.2) is 18.7 Å². The fourth-order valence-electron chi connectivity index (χ4n) is 5.38. The van der Waals surface area contributed by atoms with Crippen LogP contribution in [0.3, 0.4) is 0 Å². The van der Waals surface area contributed by atoms with Crippen molar-refractivity contribution in [3.05, 3.63) is 69.7 Å². The van der Waals surface area contributed by atoms with Gasteiger partial charge in [0.05, 0.1) is 5.35 Å². The van der Waals surface area contributed by atoms with Crippen molar-refractivity contribution in [3.8, 4) is 0 Å². The molecule has 196 valence electrons. The number of allylic oxidation sites excluding steroid dienone is 1. The molecule has 2 unspecified atom stereocenters. The summed E-state index contributed by atoms with van der Waals surface area (Å²) in [7, 11) is 0. The molecule has 5 heteroatoms. The lowest BCUT2D eigenvalue weighted by atomic mass is 9.91. The van der Waals surface area contributed by atoms with E-state index >= 15 is 0 Å². The zero-order chi connectivity index (χ0) is 26.7. The van der Waals surface area contributed by atoms with Gasteiger partial charge in [0.25, 0.3) is 0 Å². The van der Waals surface area contributed by atoms with Crippen molar-refractivity contribution in [1.82, 2.24) is 9.97 Å². The van der Waals surface area contributed by atoms with Gasteiger partial charge in [0.1, 0.15) is 23.6 Å². The second kappa shape index (κ2) is 11.5. The number of fused-ring (bicyclic) bond motifs is 1. The molecule has 3 nitrogen and oxygen atoms in total. The van der Waals surface area contributed by atoms with Gasteiger partial charge in [0.2, 0.25) is 0 Å². The summed E-state index contributed by atoms with van der Waals surface area (Å²) >= 11 is 0. The van der Waals surface area contributed by atoms with Crippen LogP contribution in [-0.4, -0.2) is 29.2 Å². The lowest BCUT2D eigenvalue weighted by Crippen LogP contribution is -2.43. The zero-order valence-electron chi connectivity index (χ0n) is 22.9. The third-order valence-electron chi connectivity index (χ3n) is 7.33. The van der Waals surface area contributed by atoms with Crippen molar-refractivity contribution in [2.24, 2.45) is 5.92 Å². The maximum Gasteiger partial charge on any atom is 0.140 e. The minimum Gasteiger partial charge on any atom is -0.356 e. The molecule has 0 radical (unpaired) electrons. The van der Waals surface area contributed by atoms with Gasteiger partial charge in [-0.3, -0.25) is 0 Å². The molecule has 2 atom stereocenters. The molecule has 37 heavy (non-hydrogen) atoms. The van der Waals surface area contributed by atoms with Gasteiger partial charge in [-0.15, -0.1) is 0 Å². The van der Waals surface area contributed by atoms with Crippen molar-refractivity contribution >= 4 is 34.3 Å². The fourth-order valence-corrected chi connectivity index (χ4v) is 5.38. The number of rotatable bonds is 7. The molecule has 0 spiro atoms. The van der Waals surface area contributed by atoms with Crippen LogP contribution in [0.2, 0.25) is 0 Å². The quantitative estimate of drug-likeness (QED) is 0.370. The predicted molar refractivity (Wildman–Crippen MR) is 152 cm³/mol. The number of alkyl halides is 1.